The van der Waals surface area contributed by atoms with Crippen LogP contribution in [0, 0.1) is 6.92 Å². The molecular formula is C20H19ClN4O. The zero-order valence-electron chi connectivity index (χ0n) is 14.6. The molecule has 26 heavy (non-hydrogen) atoms. The molecule has 1 amide bonds. The molecule has 0 saturated carbocycles. The Morgan fingerprint density at radius 1 is 1.12 bits per heavy atom. The summed E-state index contributed by atoms with van der Waals surface area (Å²) < 4.78 is 0. The Morgan fingerprint density at radius 2 is 1.85 bits per heavy atom. The topological polar surface area (TPSA) is 66.9 Å². The van der Waals surface area contributed by atoms with E-state index in [1.165, 1.54) is 18.0 Å². The molecule has 1 heterocycles. The summed E-state index contributed by atoms with van der Waals surface area (Å²) in [7, 11) is 0. The molecule has 0 saturated heterocycles. The number of hydrogen-bond acceptors (Lipinski definition) is 4. The van der Waals surface area contributed by atoms with E-state index in [0.717, 1.165) is 17.7 Å². The molecule has 5 nitrogen and oxygen atoms in total. The first kappa shape index (κ1) is 17.9. The molecule has 0 radical (unpaired) electrons. The van der Waals surface area contributed by atoms with Crippen molar-refractivity contribution in [2.45, 2.75) is 20.3 Å². The fourth-order valence-corrected chi connectivity index (χ4v) is 2.64. The van der Waals surface area contributed by atoms with Crippen LogP contribution in [0.1, 0.15) is 28.4 Å². The van der Waals surface area contributed by atoms with Gasteiger partial charge in [-0.15, -0.1) is 0 Å². The van der Waals surface area contributed by atoms with Gasteiger partial charge >= 0.3 is 0 Å². The normalized spacial score (nSPS) is 10.4. The van der Waals surface area contributed by atoms with Crippen LogP contribution in [0.25, 0.3) is 0 Å². The molecule has 132 valence electrons. The second-order valence-electron chi connectivity index (χ2n) is 5.85. The predicted molar refractivity (Wildman–Crippen MR) is 105 cm³/mol. The molecule has 3 rings (SSSR count). The Kier molecular flexibility index (Phi) is 5.49. The summed E-state index contributed by atoms with van der Waals surface area (Å²) in [4.78, 5) is 20.8. The number of nitrogens with zero attached hydrogens (tertiary/aromatic N) is 2. The minimum atomic E-state index is -0.287. The lowest BCUT2D eigenvalue weighted by Crippen LogP contribution is -2.13. The van der Waals surface area contributed by atoms with Crippen molar-refractivity contribution in [3.8, 4) is 0 Å². The van der Waals surface area contributed by atoms with Crippen molar-refractivity contribution in [3.05, 3.63) is 76.6 Å². The number of aromatic nitrogens is 2. The number of para-hydroxylation sites is 1. The zero-order valence-corrected chi connectivity index (χ0v) is 15.3. The van der Waals surface area contributed by atoms with Gasteiger partial charge in [0.15, 0.2) is 0 Å². The van der Waals surface area contributed by atoms with Crippen LogP contribution in [0.2, 0.25) is 5.02 Å². The second kappa shape index (κ2) is 7.97. The number of benzene rings is 2. The second-order valence-corrected chi connectivity index (χ2v) is 6.26. The monoisotopic (exact) mass is 366 g/mol. The Hall–Kier alpha value is -2.92. The van der Waals surface area contributed by atoms with E-state index < -0.39 is 0 Å². The van der Waals surface area contributed by atoms with Gasteiger partial charge in [-0.1, -0.05) is 42.8 Å². The fraction of sp³-hybridized carbons (Fsp3) is 0.150. The van der Waals surface area contributed by atoms with E-state index in [2.05, 4.69) is 33.6 Å². The number of aryl methyl sites for hydroxylation is 2. The fourth-order valence-electron chi connectivity index (χ4n) is 2.45. The van der Waals surface area contributed by atoms with Gasteiger partial charge in [0.2, 0.25) is 5.95 Å². The smallest absolute Gasteiger partial charge is 0.258 e. The maximum Gasteiger partial charge on any atom is 0.258 e. The van der Waals surface area contributed by atoms with Crippen molar-refractivity contribution < 1.29 is 4.79 Å². The van der Waals surface area contributed by atoms with E-state index in [1.54, 1.807) is 12.1 Å². The Balaban J connectivity index is 1.70. The lowest BCUT2D eigenvalue weighted by Gasteiger charge is -2.10. The highest BCUT2D eigenvalue weighted by molar-refractivity contribution is 6.31. The van der Waals surface area contributed by atoms with Gasteiger partial charge in [-0.3, -0.25) is 4.79 Å². The van der Waals surface area contributed by atoms with Crippen LogP contribution in [0.4, 0.5) is 17.3 Å². The summed E-state index contributed by atoms with van der Waals surface area (Å²) in [6.07, 6.45) is 3.90. The largest absolute Gasteiger partial charge is 0.324 e. The highest BCUT2D eigenvalue weighted by atomic mass is 35.5. The van der Waals surface area contributed by atoms with Crippen LogP contribution in [-0.2, 0) is 6.42 Å². The van der Waals surface area contributed by atoms with Gasteiger partial charge in [0.05, 0.1) is 5.56 Å². The number of hydrogen-bond donors (Lipinski definition) is 2. The molecule has 0 aliphatic rings. The number of amides is 1. The molecule has 0 spiro atoms. The van der Waals surface area contributed by atoms with Crippen LogP contribution in [0.5, 0.6) is 0 Å². The quantitative estimate of drug-likeness (QED) is 0.667. The first-order chi connectivity index (χ1) is 12.6. The molecule has 2 aromatic carbocycles. The summed E-state index contributed by atoms with van der Waals surface area (Å²) in [5.74, 6) is 0.159. The average molecular weight is 367 g/mol. The van der Waals surface area contributed by atoms with E-state index in [9.17, 15) is 4.79 Å². The van der Waals surface area contributed by atoms with Crippen LogP contribution in [0.15, 0.2) is 54.9 Å². The zero-order chi connectivity index (χ0) is 18.5. The van der Waals surface area contributed by atoms with E-state index in [4.69, 9.17) is 11.6 Å². The Morgan fingerprint density at radius 3 is 2.54 bits per heavy atom. The highest BCUT2D eigenvalue weighted by Gasteiger charge is 2.09. The molecular weight excluding hydrogens is 348 g/mol. The van der Waals surface area contributed by atoms with E-state index in [-0.39, 0.29) is 5.91 Å². The molecule has 0 fully saturated rings. The van der Waals surface area contributed by atoms with Crippen LogP contribution in [0.3, 0.4) is 0 Å². The lowest BCUT2D eigenvalue weighted by atomic mass is 10.1. The van der Waals surface area contributed by atoms with Gasteiger partial charge in [-0.2, -0.15) is 0 Å². The first-order valence-corrected chi connectivity index (χ1v) is 8.69. The molecule has 0 bridgehead atoms. The molecule has 3 aromatic rings. The Bertz CT molecular complexity index is 925. The van der Waals surface area contributed by atoms with Crippen LogP contribution >= 0.6 is 11.6 Å². The maximum atomic E-state index is 12.3. The van der Waals surface area contributed by atoms with E-state index in [0.29, 0.717) is 22.2 Å². The summed E-state index contributed by atoms with van der Waals surface area (Å²) >= 11 is 6.08. The summed E-state index contributed by atoms with van der Waals surface area (Å²) in [6.45, 7) is 4.00. The standard InChI is InChI=1S/C20H19ClN4O/c1-3-14-6-4-5-7-18(14)25-20-22-11-15(12-23-20)19(26)24-16-9-8-13(2)17(21)10-16/h4-12H,3H2,1-2H3,(H,24,26)(H,22,23,25). The highest BCUT2D eigenvalue weighted by Crippen LogP contribution is 2.21. The molecule has 0 aliphatic carbocycles. The van der Waals surface area contributed by atoms with E-state index >= 15 is 0 Å². The minimum Gasteiger partial charge on any atom is -0.324 e. The number of carbonyl (C=O) groups is 1. The third-order valence-electron chi connectivity index (χ3n) is 3.99. The SMILES string of the molecule is CCc1ccccc1Nc1ncc(C(=O)Nc2ccc(C)c(Cl)c2)cn1. The third kappa shape index (κ3) is 4.18. The van der Waals surface area contributed by atoms with Crippen molar-refractivity contribution in [2.75, 3.05) is 10.6 Å². The van der Waals surface area contributed by atoms with Crippen molar-refractivity contribution >= 4 is 34.8 Å². The molecule has 0 atom stereocenters. The molecule has 6 heteroatoms. The van der Waals surface area contributed by atoms with Crippen molar-refractivity contribution in [3.63, 3.8) is 0 Å². The molecule has 0 unspecified atom stereocenters. The van der Waals surface area contributed by atoms with Gasteiger partial charge in [-0.25, -0.2) is 9.97 Å². The number of halogens is 1. The lowest BCUT2D eigenvalue weighted by molar-refractivity contribution is 0.102. The summed E-state index contributed by atoms with van der Waals surface area (Å²) in [5, 5.41) is 6.58. The van der Waals surface area contributed by atoms with Gasteiger partial charge in [-0.05, 0) is 42.7 Å². The molecule has 0 aliphatic heterocycles. The van der Waals surface area contributed by atoms with Crippen LogP contribution < -0.4 is 10.6 Å². The van der Waals surface area contributed by atoms with Gasteiger partial charge in [0.1, 0.15) is 0 Å². The predicted octanol–water partition coefficient (Wildman–Crippen LogP) is 5.00. The van der Waals surface area contributed by atoms with Gasteiger partial charge in [0.25, 0.3) is 5.91 Å². The average Bonchev–Trinajstić information content (AvgIpc) is 2.66. The molecule has 2 N–H and O–H groups in total. The van der Waals surface area contributed by atoms with E-state index in [1.807, 2.05) is 31.2 Å². The van der Waals surface area contributed by atoms with Crippen LogP contribution in [-0.4, -0.2) is 15.9 Å². The van der Waals surface area contributed by atoms with Crippen molar-refractivity contribution in [2.24, 2.45) is 0 Å². The number of carbonyl (C=O) groups excluding carboxylic acids is 1. The van der Waals surface area contributed by atoms with Gasteiger partial charge in [0, 0.05) is 28.8 Å². The molecule has 1 aromatic heterocycles. The first-order valence-electron chi connectivity index (χ1n) is 8.31. The summed E-state index contributed by atoms with van der Waals surface area (Å²) in [5.41, 5.74) is 4.09. The van der Waals surface area contributed by atoms with Gasteiger partial charge < -0.3 is 10.6 Å². The number of anilines is 3. The minimum absolute atomic E-state index is 0.287. The van der Waals surface area contributed by atoms with Crippen molar-refractivity contribution in [1.82, 2.24) is 9.97 Å². The maximum absolute atomic E-state index is 12.3. The van der Waals surface area contributed by atoms with Crippen molar-refractivity contribution in [1.29, 1.82) is 0 Å². The Labute approximate surface area is 157 Å². The summed E-state index contributed by atoms with van der Waals surface area (Å²) in [6, 6.07) is 13.4. The number of nitrogens with one attached hydrogen (secondary N) is 2. The number of rotatable bonds is 5. The third-order valence-corrected chi connectivity index (χ3v) is 4.40.